The molecule has 8 heteroatoms. The summed E-state index contributed by atoms with van der Waals surface area (Å²) >= 11 is 0. The third-order valence-electron chi connectivity index (χ3n) is 7.42. The van der Waals surface area contributed by atoms with Gasteiger partial charge in [-0.15, -0.1) is 0 Å². The van der Waals surface area contributed by atoms with Crippen LogP contribution in [0, 0.1) is 5.92 Å². The number of carbonyl (C=O) groups excluding carboxylic acids is 2. The molecule has 1 atom stereocenters. The van der Waals surface area contributed by atoms with Crippen LogP contribution in [-0.2, 0) is 9.53 Å². The maximum absolute atomic E-state index is 13.9. The molecule has 38 heavy (non-hydrogen) atoms. The molecule has 1 N–H and O–H groups in total. The predicted octanol–water partition coefficient (Wildman–Crippen LogP) is 5.63. The van der Waals surface area contributed by atoms with E-state index in [0.29, 0.717) is 46.6 Å². The summed E-state index contributed by atoms with van der Waals surface area (Å²) in [6.45, 7) is 3.49. The van der Waals surface area contributed by atoms with Gasteiger partial charge in [0.05, 0.1) is 34.8 Å². The number of carbonyl (C=O) groups is 2. The van der Waals surface area contributed by atoms with Crippen molar-refractivity contribution in [1.82, 2.24) is 5.16 Å². The van der Waals surface area contributed by atoms with E-state index in [1.54, 1.807) is 0 Å². The van der Waals surface area contributed by atoms with Gasteiger partial charge in [-0.2, -0.15) is 0 Å². The van der Waals surface area contributed by atoms with Gasteiger partial charge in [0.2, 0.25) is 0 Å². The molecule has 1 aromatic heterocycles. The standard InChI is InChI=1S/C30H30N4O4/c1-4-37-30(36)18-8-7-15-34(17-18)24-16-23(31-19-11-13-20(14-12-19)33(2)3)25-26-27(24)32-38-29(26)22-10-6-5-9-21(22)28(25)35/h5-6,9-14,16,18,31H,4,7-8,15,17H2,1-3H3/t18-/m1/s1. The second kappa shape index (κ2) is 9.52. The Labute approximate surface area is 221 Å². The van der Waals surface area contributed by atoms with E-state index < -0.39 is 0 Å². The van der Waals surface area contributed by atoms with Crippen LogP contribution in [0.5, 0.6) is 0 Å². The number of nitrogens with zero attached hydrogens (tertiary/aromatic N) is 3. The van der Waals surface area contributed by atoms with Gasteiger partial charge in [0.25, 0.3) is 0 Å². The molecule has 194 valence electrons. The number of anilines is 4. The van der Waals surface area contributed by atoms with Gasteiger partial charge < -0.3 is 24.4 Å². The van der Waals surface area contributed by atoms with Gasteiger partial charge in [0.1, 0.15) is 5.52 Å². The summed E-state index contributed by atoms with van der Waals surface area (Å²) in [5.41, 5.74) is 6.00. The van der Waals surface area contributed by atoms with Crippen molar-refractivity contribution in [3.05, 3.63) is 65.7 Å². The number of benzene rings is 3. The normalized spacial score (nSPS) is 16.3. The Hall–Kier alpha value is -4.33. The largest absolute Gasteiger partial charge is 0.466 e. The number of ether oxygens (including phenoxy) is 1. The van der Waals surface area contributed by atoms with Crippen LogP contribution in [-0.4, -0.2) is 50.7 Å². The summed E-state index contributed by atoms with van der Waals surface area (Å²) in [5.74, 6) is 0.144. The Bertz CT molecular complexity index is 1540. The highest BCUT2D eigenvalue weighted by Gasteiger charge is 2.35. The fourth-order valence-electron chi connectivity index (χ4n) is 5.53. The quantitative estimate of drug-likeness (QED) is 0.294. The van der Waals surface area contributed by atoms with Crippen LogP contribution in [0.4, 0.5) is 22.7 Å². The zero-order valence-corrected chi connectivity index (χ0v) is 21.8. The smallest absolute Gasteiger partial charge is 0.310 e. The molecule has 0 amide bonds. The Kier molecular flexibility index (Phi) is 6.02. The number of hydrogen-bond donors (Lipinski definition) is 1. The van der Waals surface area contributed by atoms with Crippen molar-refractivity contribution < 1.29 is 18.8 Å². The maximum atomic E-state index is 13.9. The van der Waals surface area contributed by atoms with E-state index in [1.807, 2.05) is 80.5 Å². The number of aromatic nitrogens is 1. The molecule has 0 bridgehead atoms. The molecular weight excluding hydrogens is 480 g/mol. The third kappa shape index (κ3) is 3.97. The average molecular weight is 511 g/mol. The van der Waals surface area contributed by atoms with Crippen molar-refractivity contribution in [3.8, 4) is 11.3 Å². The summed E-state index contributed by atoms with van der Waals surface area (Å²) < 4.78 is 11.2. The van der Waals surface area contributed by atoms with E-state index >= 15 is 0 Å². The molecule has 1 aliphatic carbocycles. The number of fused-ring (bicyclic) bond motifs is 2. The van der Waals surface area contributed by atoms with Crippen molar-refractivity contribution >= 4 is 45.4 Å². The molecule has 6 rings (SSSR count). The molecule has 0 spiro atoms. The molecular formula is C30H30N4O4. The summed E-state index contributed by atoms with van der Waals surface area (Å²) in [5, 5.41) is 8.67. The Balaban J connectivity index is 1.49. The second-order valence-corrected chi connectivity index (χ2v) is 10.0. The van der Waals surface area contributed by atoms with Gasteiger partial charge in [-0.3, -0.25) is 9.59 Å². The topological polar surface area (TPSA) is 87.9 Å². The van der Waals surface area contributed by atoms with Crippen LogP contribution in [0.1, 0.15) is 35.7 Å². The van der Waals surface area contributed by atoms with Crippen LogP contribution < -0.4 is 15.1 Å². The van der Waals surface area contributed by atoms with Crippen LogP contribution in [0.3, 0.4) is 0 Å². The Morgan fingerprint density at radius 1 is 1.16 bits per heavy atom. The molecule has 1 fully saturated rings. The minimum atomic E-state index is -0.213. The molecule has 0 radical (unpaired) electrons. The Morgan fingerprint density at radius 2 is 1.92 bits per heavy atom. The number of nitrogens with one attached hydrogen (secondary N) is 1. The zero-order valence-electron chi connectivity index (χ0n) is 21.8. The maximum Gasteiger partial charge on any atom is 0.310 e. The summed E-state index contributed by atoms with van der Waals surface area (Å²) in [6.07, 6.45) is 1.64. The number of piperidine rings is 1. The highest BCUT2D eigenvalue weighted by molar-refractivity contribution is 6.28. The number of esters is 1. The third-order valence-corrected chi connectivity index (χ3v) is 7.42. The highest BCUT2D eigenvalue weighted by atomic mass is 16.5. The van der Waals surface area contributed by atoms with Crippen molar-refractivity contribution in [3.63, 3.8) is 0 Å². The molecule has 0 saturated carbocycles. The van der Waals surface area contributed by atoms with E-state index in [1.165, 1.54) is 0 Å². The minimum absolute atomic E-state index is 0.0664. The number of hydrogen-bond acceptors (Lipinski definition) is 8. The molecule has 4 aromatic rings. The van der Waals surface area contributed by atoms with E-state index in [0.717, 1.165) is 42.0 Å². The van der Waals surface area contributed by atoms with Crippen LogP contribution >= 0.6 is 0 Å². The van der Waals surface area contributed by atoms with Crippen molar-refractivity contribution in [2.75, 3.05) is 48.9 Å². The number of ketones is 1. The van der Waals surface area contributed by atoms with E-state index in [-0.39, 0.29) is 17.7 Å². The van der Waals surface area contributed by atoms with Crippen LogP contribution in [0.2, 0.25) is 0 Å². The van der Waals surface area contributed by atoms with Crippen molar-refractivity contribution in [1.29, 1.82) is 0 Å². The highest BCUT2D eigenvalue weighted by Crippen LogP contribution is 2.46. The minimum Gasteiger partial charge on any atom is -0.466 e. The molecule has 1 saturated heterocycles. The molecule has 2 heterocycles. The first-order valence-electron chi connectivity index (χ1n) is 13.0. The predicted molar refractivity (Wildman–Crippen MR) is 148 cm³/mol. The van der Waals surface area contributed by atoms with Gasteiger partial charge >= 0.3 is 5.97 Å². The molecule has 8 nitrogen and oxygen atoms in total. The first kappa shape index (κ1) is 24.0. The summed E-state index contributed by atoms with van der Waals surface area (Å²) in [4.78, 5) is 30.6. The first-order valence-corrected chi connectivity index (χ1v) is 13.0. The van der Waals surface area contributed by atoms with Gasteiger partial charge in [-0.25, -0.2) is 0 Å². The van der Waals surface area contributed by atoms with E-state index in [4.69, 9.17) is 9.26 Å². The fourth-order valence-corrected chi connectivity index (χ4v) is 5.53. The fraction of sp³-hybridized carbons (Fsp3) is 0.300. The second-order valence-electron chi connectivity index (χ2n) is 10.0. The van der Waals surface area contributed by atoms with Crippen LogP contribution in [0.15, 0.2) is 59.1 Å². The molecule has 2 aliphatic rings. The van der Waals surface area contributed by atoms with Gasteiger partial charge in [0, 0.05) is 49.7 Å². The SMILES string of the molecule is CCOC(=O)[C@@H]1CCCN(c2cc(Nc3ccc(N(C)C)cc3)c3c4c(onc24)-c2ccccc2C3=O)C1. The van der Waals surface area contributed by atoms with Crippen molar-refractivity contribution in [2.24, 2.45) is 5.92 Å². The van der Waals surface area contributed by atoms with Gasteiger partial charge in [-0.05, 0) is 50.1 Å². The van der Waals surface area contributed by atoms with E-state index in [2.05, 4.69) is 15.4 Å². The van der Waals surface area contributed by atoms with Crippen molar-refractivity contribution in [2.45, 2.75) is 19.8 Å². The van der Waals surface area contributed by atoms with Gasteiger partial charge in [0.15, 0.2) is 11.5 Å². The molecule has 3 aromatic carbocycles. The lowest BCUT2D eigenvalue weighted by atomic mass is 9.86. The number of rotatable bonds is 6. The molecule has 0 unspecified atom stereocenters. The average Bonchev–Trinajstić information content (AvgIpc) is 3.38. The van der Waals surface area contributed by atoms with Crippen LogP contribution in [0.25, 0.3) is 22.2 Å². The van der Waals surface area contributed by atoms with E-state index in [9.17, 15) is 9.59 Å². The summed E-state index contributed by atoms with van der Waals surface area (Å²) in [7, 11) is 4.00. The molecule has 1 aliphatic heterocycles. The first-order chi connectivity index (χ1) is 18.5. The lowest BCUT2D eigenvalue weighted by Crippen LogP contribution is -2.39. The zero-order chi connectivity index (χ0) is 26.4. The Morgan fingerprint density at radius 3 is 2.66 bits per heavy atom. The lowest BCUT2D eigenvalue weighted by Gasteiger charge is -2.34. The lowest BCUT2D eigenvalue weighted by molar-refractivity contribution is -0.148. The summed E-state index contributed by atoms with van der Waals surface area (Å²) in [6, 6.07) is 17.5. The van der Waals surface area contributed by atoms with Gasteiger partial charge in [-0.1, -0.05) is 29.4 Å². The monoisotopic (exact) mass is 510 g/mol.